The summed E-state index contributed by atoms with van der Waals surface area (Å²) in [5.41, 5.74) is 1.03. The lowest BCUT2D eigenvalue weighted by molar-refractivity contribution is -0.120. The average molecular weight is 745 g/mol. The number of halogens is 4. The van der Waals surface area contributed by atoms with Crippen LogP contribution in [0, 0.1) is 23.3 Å². The van der Waals surface area contributed by atoms with Crippen molar-refractivity contribution in [2.24, 2.45) is 0 Å². The number of aryl methyl sites for hydroxylation is 2. The van der Waals surface area contributed by atoms with Crippen molar-refractivity contribution >= 4 is 41.4 Å². The van der Waals surface area contributed by atoms with E-state index >= 15 is 0 Å². The second-order valence-corrected chi connectivity index (χ2v) is 12.1. The van der Waals surface area contributed by atoms with Crippen molar-refractivity contribution in [3.05, 3.63) is 107 Å². The molecule has 2 atom stereocenters. The van der Waals surface area contributed by atoms with Crippen LogP contribution < -0.4 is 25.2 Å². The van der Waals surface area contributed by atoms with E-state index in [1.807, 2.05) is 13.8 Å². The topological polar surface area (TPSA) is 155 Å². The summed E-state index contributed by atoms with van der Waals surface area (Å²) in [6, 6.07) is 2.54. The molecule has 0 saturated carbocycles. The fraction of sp³-hybridized carbons (Fsp3) is 0.324. The number of amides is 4. The Hall–Kier alpha value is -5.20. The Kier molecular flexibility index (Phi) is 14.4. The average Bonchev–Trinajstić information content (AvgIpc) is 3.12. The molecule has 4 amide bonds. The first-order chi connectivity index (χ1) is 24.9. The number of hydrogen-bond acceptors (Lipinski definition) is 9. The lowest BCUT2D eigenvalue weighted by atomic mass is 10.0. The Morgan fingerprint density at radius 3 is 1.52 bits per heavy atom. The number of benzene rings is 2. The van der Waals surface area contributed by atoms with Gasteiger partial charge in [0.2, 0.25) is 24.0 Å². The van der Waals surface area contributed by atoms with Crippen LogP contribution in [0.25, 0.3) is 0 Å². The van der Waals surface area contributed by atoms with Crippen LogP contribution in [-0.2, 0) is 51.7 Å². The van der Waals surface area contributed by atoms with Crippen molar-refractivity contribution in [3.8, 4) is 0 Å². The van der Waals surface area contributed by atoms with E-state index in [1.54, 1.807) is 0 Å². The first-order valence-electron chi connectivity index (χ1n) is 16.1. The molecule has 1 unspecified atom stereocenters. The van der Waals surface area contributed by atoms with Crippen LogP contribution in [0.1, 0.15) is 36.6 Å². The molecule has 0 aliphatic heterocycles. The van der Waals surface area contributed by atoms with E-state index < -0.39 is 59.9 Å². The standard InChI is InChI=1S/C34H37F4N9O4S/c1-5-30-39-15-26(16-40-30)46(3)32(48)28(11-20-7-22(35)13-23(36)8-20)44-34(50)43-19-51-52-45-29(12-21-9-24(37)14-25(38)10-21)33(49)47(4)27-17-41-31(6-2)42-18-27/h7-10,13-18,28-29,45H,5-6,11-12,19H2,1-4H3,(H2,43,44,50)/p+1/t28?,29-/m0/s1. The normalized spacial score (nSPS) is 12.2. The van der Waals surface area contributed by atoms with Gasteiger partial charge < -0.3 is 20.4 Å². The molecule has 0 saturated heterocycles. The summed E-state index contributed by atoms with van der Waals surface area (Å²) in [6.45, 7) is 3.33. The monoisotopic (exact) mass is 744 g/mol. The number of thiol groups is 1. The maximum absolute atomic E-state index is 14.0. The number of nitrogens with one attached hydrogen (secondary N) is 3. The molecule has 2 heterocycles. The summed E-state index contributed by atoms with van der Waals surface area (Å²) >= 11 is -0.00342. The first kappa shape index (κ1) is 39.6. The van der Waals surface area contributed by atoms with Crippen molar-refractivity contribution in [1.29, 1.82) is 0 Å². The highest BCUT2D eigenvalue weighted by atomic mass is 32.2. The lowest BCUT2D eigenvalue weighted by Crippen LogP contribution is -2.52. The van der Waals surface area contributed by atoms with Gasteiger partial charge in [-0.2, -0.15) is 0 Å². The molecule has 4 aromatic rings. The minimum atomic E-state index is -1.28. The number of carbonyl (C=O) groups excluding carboxylic acids is 3. The lowest BCUT2D eigenvalue weighted by Gasteiger charge is -2.24. The summed E-state index contributed by atoms with van der Waals surface area (Å²) in [7, 11) is 2.94. The molecule has 0 radical (unpaired) electrons. The number of likely N-dealkylation sites (N-methyl/N-ethyl adjacent to an activating group) is 2. The summed E-state index contributed by atoms with van der Waals surface area (Å²) in [4.78, 5) is 59.2. The Morgan fingerprint density at radius 1 is 0.692 bits per heavy atom. The maximum Gasteiger partial charge on any atom is 0.317 e. The predicted octanol–water partition coefficient (Wildman–Crippen LogP) is 3.30. The van der Waals surface area contributed by atoms with Gasteiger partial charge in [-0.15, -0.1) is 4.18 Å². The highest BCUT2D eigenvalue weighted by molar-refractivity contribution is 7.71. The van der Waals surface area contributed by atoms with Crippen molar-refractivity contribution in [1.82, 2.24) is 35.3 Å². The zero-order valence-corrected chi connectivity index (χ0v) is 29.6. The highest BCUT2D eigenvalue weighted by Crippen LogP contribution is 2.17. The largest absolute Gasteiger partial charge is 0.326 e. The third kappa shape index (κ3) is 11.4. The zero-order chi connectivity index (χ0) is 37.8. The fourth-order valence-corrected chi connectivity index (χ4v) is 5.42. The minimum Gasteiger partial charge on any atom is -0.326 e. The van der Waals surface area contributed by atoms with Crippen LogP contribution in [0.15, 0.2) is 61.2 Å². The van der Waals surface area contributed by atoms with Crippen LogP contribution >= 0.6 is 0 Å². The van der Waals surface area contributed by atoms with Crippen LogP contribution in [0.3, 0.4) is 0 Å². The summed E-state index contributed by atoms with van der Waals surface area (Å²) in [5.74, 6) is -3.29. The third-order valence-electron chi connectivity index (χ3n) is 7.65. The van der Waals surface area contributed by atoms with Gasteiger partial charge in [0, 0.05) is 51.9 Å². The Bertz CT molecular complexity index is 1800. The number of aromatic nitrogens is 4. The number of anilines is 2. The van der Waals surface area contributed by atoms with Crippen molar-refractivity contribution < 1.29 is 36.1 Å². The van der Waals surface area contributed by atoms with Gasteiger partial charge in [0.25, 0.3) is 0 Å². The number of urea groups is 1. The van der Waals surface area contributed by atoms with Crippen LogP contribution in [0.4, 0.5) is 33.7 Å². The second-order valence-electron chi connectivity index (χ2n) is 11.4. The van der Waals surface area contributed by atoms with Crippen LogP contribution in [0.5, 0.6) is 0 Å². The van der Waals surface area contributed by atoms with Gasteiger partial charge in [0.1, 0.15) is 47.0 Å². The van der Waals surface area contributed by atoms with E-state index in [0.717, 1.165) is 30.3 Å². The summed E-state index contributed by atoms with van der Waals surface area (Å²) < 4.78 is 64.1. The molecule has 2 aromatic heterocycles. The molecule has 0 bridgehead atoms. The number of rotatable bonds is 16. The van der Waals surface area contributed by atoms with Gasteiger partial charge in [-0.25, -0.2) is 42.3 Å². The summed E-state index contributed by atoms with van der Waals surface area (Å²) in [6.07, 6.45) is 6.64. The molecule has 276 valence electrons. The van der Waals surface area contributed by atoms with Gasteiger partial charge in [0.15, 0.2) is 6.73 Å². The number of carbonyl (C=O) groups is 3. The molecular formula is C34H38F4N9O4S+. The van der Waals surface area contributed by atoms with Crippen LogP contribution in [0.2, 0.25) is 0 Å². The Balaban J connectivity index is 1.39. The van der Waals surface area contributed by atoms with Crippen molar-refractivity contribution in [2.45, 2.75) is 51.6 Å². The fourth-order valence-electron chi connectivity index (χ4n) is 4.89. The highest BCUT2D eigenvalue weighted by Gasteiger charge is 2.29. The number of hydrogen-bond donors (Lipinski definition) is 3. The molecule has 13 nitrogen and oxygen atoms in total. The molecule has 0 aliphatic carbocycles. The van der Waals surface area contributed by atoms with Gasteiger partial charge in [-0.05, 0) is 35.4 Å². The van der Waals surface area contributed by atoms with E-state index in [0.29, 0.717) is 41.9 Å². The summed E-state index contributed by atoms with van der Waals surface area (Å²) in [5, 5.41) is 4.93. The first-order valence-corrected chi connectivity index (χ1v) is 16.9. The molecule has 0 spiro atoms. The second kappa shape index (κ2) is 18.9. The third-order valence-corrected chi connectivity index (χ3v) is 8.32. The van der Waals surface area contributed by atoms with Gasteiger partial charge >= 0.3 is 6.03 Å². The quantitative estimate of drug-likeness (QED) is 0.0516. The molecule has 0 aliphatic rings. The maximum atomic E-state index is 14.0. The van der Waals surface area contributed by atoms with Crippen molar-refractivity contribution in [2.75, 3.05) is 30.6 Å². The van der Waals surface area contributed by atoms with Gasteiger partial charge in [0.05, 0.1) is 36.2 Å². The van der Waals surface area contributed by atoms with Gasteiger partial charge in [-0.3, -0.25) is 9.59 Å². The zero-order valence-electron chi connectivity index (χ0n) is 28.7. The predicted molar refractivity (Wildman–Crippen MR) is 187 cm³/mol. The van der Waals surface area contributed by atoms with E-state index in [4.69, 9.17) is 4.18 Å². The minimum absolute atomic E-state index is 0.00342. The smallest absolute Gasteiger partial charge is 0.317 e. The van der Waals surface area contributed by atoms with E-state index in [1.165, 1.54) is 48.7 Å². The number of nitrogens with zero attached hydrogens (tertiary/aromatic N) is 6. The SMILES string of the molecule is CCc1ncc(N(C)C(=O)C(Cc2cc(F)cc(F)c2)NC(=O)NCO[SH+]N[C@@H](Cc2cc(F)cc(F)c2)C(=O)N(C)c2cnc(CC)nc2)cn1. The molecule has 0 fully saturated rings. The van der Waals surface area contributed by atoms with Gasteiger partial charge in [-0.1, -0.05) is 18.6 Å². The Labute approximate surface area is 301 Å². The van der Waals surface area contributed by atoms with Crippen LogP contribution in [-0.4, -0.2) is 70.7 Å². The molecule has 18 heteroatoms. The van der Waals surface area contributed by atoms with Crippen molar-refractivity contribution in [3.63, 3.8) is 0 Å². The molecule has 3 N–H and O–H groups in total. The van der Waals surface area contributed by atoms with E-state index in [9.17, 15) is 31.9 Å². The van der Waals surface area contributed by atoms with E-state index in [2.05, 4.69) is 35.3 Å². The van der Waals surface area contributed by atoms with E-state index in [-0.39, 0.29) is 36.2 Å². The molecule has 4 rings (SSSR count). The molecule has 52 heavy (non-hydrogen) atoms. The molecule has 2 aromatic carbocycles. The Morgan fingerprint density at radius 2 is 1.10 bits per heavy atom. The molecular weight excluding hydrogens is 706 g/mol.